The van der Waals surface area contributed by atoms with Gasteiger partial charge in [-0.1, -0.05) is 128 Å². The van der Waals surface area contributed by atoms with E-state index in [0.29, 0.717) is 12.1 Å². The van der Waals surface area contributed by atoms with Crippen LogP contribution in [0.2, 0.25) is 0 Å². The molecule has 0 aromatic heterocycles. The average Bonchev–Trinajstić information content (AvgIpc) is 2.91. The summed E-state index contributed by atoms with van der Waals surface area (Å²) in [5.41, 5.74) is -0.0582. The van der Waals surface area contributed by atoms with Crippen LogP contribution in [0.4, 0.5) is 0 Å². The van der Waals surface area contributed by atoms with Crippen LogP contribution in [0.1, 0.15) is 138 Å². The Bertz CT molecular complexity index is 849. The third kappa shape index (κ3) is 42.2. The van der Waals surface area contributed by atoms with Crippen molar-refractivity contribution in [1.29, 1.82) is 0 Å². The van der Waals surface area contributed by atoms with E-state index >= 15 is 0 Å². The Kier molecular flexibility index (Phi) is 41.2. The summed E-state index contributed by atoms with van der Waals surface area (Å²) in [7, 11) is 0. The van der Waals surface area contributed by atoms with E-state index in [-0.39, 0.29) is 66.1 Å². The van der Waals surface area contributed by atoms with Gasteiger partial charge in [0.25, 0.3) is 0 Å². The second-order valence-corrected chi connectivity index (χ2v) is 15.3. The molecule has 0 fully saturated rings. The van der Waals surface area contributed by atoms with E-state index in [4.69, 9.17) is 0 Å². The molecule has 0 N–H and O–H groups in total. The summed E-state index contributed by atoms with van der Waals surface area (Å²) in [6.45, 7) is 52.6. The Labute approximate surface area is 343 Å². The first-order valence-corrected chi connectivity index (χ1v) is 18.4. The van der Waals surface area contributed by atoms with Gasteiger partial charge in [0.2, 0.25) is 0 Å². The van der Waals surface area contributed by atoms with Crippen LogP contribution in [-0.2, 0) is 49.5 Å². The fourth-order valence-corrected chi connectivity index (χ4v) is 4.89. The number of rotatable bonds is 15. The third-order valence-electron chi connectivity index (χ3n) is 6.99. The summed E-state index contributed by atoms with van der Waals surface area (Å²) in [6.07, 6.45) is 0. The van der Waals surface area contributed by atoms with Crippen LogP contribution in [0.25, 0.3) is 16.0 Å². The summed E-state index contributed by atoms with van der Waals surface area (Å²) >= 11 is 0. The summed E-state index contributed by atoms with van der Waals surface area (Å²) in [5.74, 6) is 2.73. The molecule has 2 atom stereocenters. The first-order chi connectivity index (χ1) is 21.5. The van der Waals surface area contributed by atoms with E-state index in [1.165, 1.54) is 0 Å². The summed E-state index contributed by atoms with van der Waals surface area (Å²) in [4.78, 5) is 20.7. The van der Waals surface area contributed by atoms with Gasteiger partial charge in [-0.25, -0.2) is 0 Å². The largest absolute Gasteiger partial charge is 0.468 e. The molecule has 2 unspecified atom stereocenters. The minimum Gasteiger partial charge on any atom is -0.468 e. The molecule has 0 aliphatic heterocycles. The molecule has 312 valence electrons. The number of hydrogen-bond donors (Lipinski definition) is 0. The fraction of sp³-hybridized carbons (Fsp3) is 0.921. The van der Waals surface area contributed by atoms with Gasteiger partial charge >= 0.3 is 0 Å². The van der Waals surface area contributed by atoms with E-state index in [1.807, 2.05) is 20.8 Å². The van der Waals surface area contributed by atoms with Crippen LogP contribution in [0, 0.1) is 0 Å². The van der Waals surface area contributed by atoms with Crippen molar-refractivity contribution in [3.8, 4) is 0 Å². The topological polar surface area (TPSA) is 89.1 Å². The van der Waals surface area contributed by atoms with Crippen molar-refractivity contribution < 1.29 is 49.5 Å². The Hall–Kier alpha value is -0.229. The quantitative estimate of drug-likeness (QED) is 0.0936. The molecule has 0 radical (unpaired) electrons. The van der Waals surface area contributed by atoms with Crippen LogP contribution in [0.3, 0.4) is 0 Å². The van der Waals surface area contributed by atoms with Crippen molar-refractivity contribution >= 4 is 17.5 Å². The zero-order valence-electron chi connectivity index (χ0n) is 36.2. The average molecular weight is 841 g/mol. The van der Waals surface area contributed by atoms with Gasteiger partial charge in [0.15, 0.2) is 0 Å². The number of aliphatic imine (C=N–C) groups is 3. The molecular formula is C38H82N9Ni3-3. The van der Waals surface area contributed by atoms with Gasteiger partial charge in [-0.2, -0.15) is 0 Å². The summed E-state index contributed by atoms with van der Waals surface area (Å²) < 4.78 is 0. The Morgan fingerprint density at radius 3 is 1.24 bits per heavy atom. The zero-order chi connectivity index (χ0) is 37.4. The summed E-state index contributed by atoms with van der Waals surface area (Å²) in [5, 5.41) is 13.6. The second kappa shape index (κ2) is 33.3. The molecule has 0 saturated carbocycles. The van der Waals surface area contributed by atoms with Gasteiger partial charge in [0, 0.05) is 55.5 Å². The maximum atomic E-state index is 4.61. The zero-order valence-corrected chi connectivity index (χ0v) is 39.2. The molecule has 0 amide bonds. The molecule has 0 aliphatic carbocycles. The number of nitrogens with zero attached hydrogens (tertiary/aromatic N) is 9. The Morgan fingerprint density at radius 1 is 0.540 bits per heavy atom. The fourth-order valence-electron chi connectivity index (χ4n) is 4.89. The van der Waals surface area contributed by atoms with Crippen LogP contribution in [0.15, 0.2) is 15.0 Å². The van der Waals surface area contributed by atoms with Crippen molar-refractivity contribution in [3.63, 3.8) is 0 Å². The molecule has 0 heterocycles. The molecule has 0 aliphatic rings. The van der Waals surface area contributed by atoms with Crippen LogP contribution in [0.5, 0.6) is 0 Å². The molecule has 9 nitrogen and oxygen atoms in total. The number of hydrogen-bond acceptors (Lipinski definition) is 6. The maximum absolute atomic E-state index is 4.61. The number of likely N-dealkylation sites (N-methyl/N-ethyl adjacent to an activating group) is 3. The van der Waals surface area contributed by atoms with E-state index in [0.717, 1.165) is 83.0 Å². The third-order valence-corrected chi connectivity index (χ3v) is 6.99. The molecule has 50 heavy (non-hydrogen) atoms. The van der Waals surface area contributed by atoms with Crippen molar-refractivity contribution in [2.75, 3.05) is 65.4 Å². The van der Waals surface area contributed by atoms with Gasteiger partial charge in [-0.05, 0) is 116 Å². The minimum atomic E-state index is -0.0253. The minimum absolute atomic E-state index is 0. The van der Waals surface area contributed by atoms with E-state index in [9.17, 15) is 0 Å². The maximum Gasteiger partial charge on any atom is 0.00597 e. The monoisotopic (exact) mass is 838 g/mol. The van der Waals surface area contributed by atoms with Crippen molar-refractivity contribution in [2.45, 2.75) is 167 Å². The van der Waals surface area contributed by atoms with Gasteiger partial charge in [0.1, 0.15) is 0 Å². The molecule has 0 aromatic rings. The van der Waals surface area contributed by atoms with E-state index in [1.54, 1.807) is 0 Å². The van der Waals surface area contributed by atoms with Crippen LogP contribution >= 0.6 is 0 Å². The SMILES string of the molecule is CCN(CC)C(C)C[N-]C(C)=NC(C)(C)C.CCN(CC)CC(C)[N-]C(C)=NC(C)(C)C.CCN(CC)CC[N-]C(C)=NC(C)(C)C.[Ni].[Ni].[Ni]. The second-order valence-electron chi connectivity index (χ2n) is 15.3. The molecular weight excluding hydrogens is 759 g/mol. The van der Waals surface area contributed by atoms with Crippen molar-refractivity contribution in [1.82, 2.24) is 14.7 Å². The van der Waals surface area contributed by atoms with Crippen molar-refractivity contribution in [3.05, 3.63) is 16.0 Å². The first-order valence-electron chi connectivity index (χ1n) is 18.4. The van der Waals surface area contributed by atoms with Crippen LogP contribution < -0.4 is 0 Å². The molecule has 0 aromatic carbocycles. The molecule has 0 spiro atoms. The van der Waals surface area contributed by atoms with Crippen LogP contribution in [-0.4, -0.2) is 126 Å². The molecule has 0 saturated heterocycles. The van der Waals surface area contributed by atoms with Gasteiger partial charge in [0.05, 0.1) is 0 Å². The van der Waals surface area contributed by atoms with Gasteiger partial charge < -0.3 is 45.6 Å². The Balaban J connectivity index is -0.000000141. The van der Waals surface area contributed by atoms with Crippen molar-refractivity contribution in [2.24, 2.45) is 15.0 Å². The summed E-state index contributed by atoms with van der Waals surface area (Å²) in [6, 6.07) is 0.825. The normalized spacial score (nSPS) is 13.9. The first kappa shape index (κ1) is 61.8. The van der Waals surface area contributed by atoms with Gasteiger partial charge in [-0.3, -0.25) is 0 Å². The molecule has 12 heteroatoms. The predicted octanol–water partition coefficient (Wildman–Crippen LogP) is 9.53. The van der Waals surface area contributed by atoms with E-state index in [2.05, 4.69) is 163 Å². The van der Waals surface area contributed by atoms with Gasteiger partial charge in [-0.15, -0.1) is 0 Å². The standard InChI is InChI=1S/2C13H28N3.C12H26N3.3Ni/c1-8-16(9-2)10-11(3)14-12(4)15-13(5,6)7;1-8-16(9-2)11(3)10-14-12(4)15-13(5,6)7;1-7-15(8-2)10-9-13-11(3)14-12(4,5)6;;;/h2*11H,8-10H2,1-7H3;7-10H2,1-6H3;;;/q3*-1;;;. The smallest absolute Gasteiger partial charge is 0.00597 e. The molecule has 0 bridgehead atoms. The predicted molar refractivity (Wildman–Crippen MR) is 216 cm³/mol. The number of amidine groups is 3. The van der Waals surface area contributed by atoms with E-state index < -0.39 is 0 Å². The Morgan fingerprint density at radius 2 is 0.900 bits per heavy atom. The molecule has 0 rings (SSSR count).